The van der Waals surface area contributed by atoms with Crippen LogP contribution in [0.25, 0.3) is 0 Å². The number of hydrogen-bond acceptors (Lipinski definition) is 8. The van der Waals surface area contributed by atoms with E-state index in [0.29, 0.717) is 22.6 Å². The fraction of sp³-hybridized carbons (Fsp3) is 0.333. The van der Waals surface area contributed by atoms with Crippen LogP contribution in [0.5, 0.6) is 0 Å². The summed E-state index contributed by atoms with van der Waals surface area (Å²) in [6, 6.07) is 7.06. The monoisotopic (exact) mass is 335 g/mol. The van der Waals surface area contributed by atoms with Crippen molar-refractivity contribution in [1.82, 2.24) is 5.43 Å². The van der Waals surface area contributed by atoms with Gasteiger partial charge in [0.25, 0.3) is 5.91 Å². The second-order valence-corrected chi connectivity index (χ2v) is 4.56. The number of benzene rings is 1. The molecule has 130 valence electrons. The van der Waals surface area contributed by atoms with E-state index >= 15 is 0 Å². The molecule has 1 amide bonds. The molecular formula is C15H21N5O4. The Morgan fingerprint density at radius 2 is 1.71 bits per heavy atom. The van der Waals surface area contributed by atoms with Gasteiger partial charge in [-0.2, -0.15) is 0 Å². The minimum atomic E-state index is -0.577. The minimum Gasteiger partial charge on any atom is -0.399 e. The number of carbonyl (C=O) groups excluding carboxylic acids is 1. The van der Waals surface area contributed by atoms with Crippen LogP contribution in [0.3, 0.4) is 0 Å². The fourth-order valence-electron chi connectivity index (χ4n) is 1.72. The van der Waals surface area contributed by atoms with E-state index in [4.69, 9.17) is 15.5 Å². The van der Waals surface area contributed by atoms with Crippen molar-refractivity contribution in [2.24, 2.45) is 21.3 Å². The number of hydrazine groups is 1. The Bertz CT molecular complexity index is 655. The molecule has 0 aliphatic carbocycles. The van der Waals surface area contributed by atoms with Gasteiger partial charge in [-0.05, 0) is 13.8 Å². The number of rotatable bonds is 8. The topological polar surface area (TPSA) is 120 Å². The van der Waals surface area contributed by atoms with Crippen LogP contribution in [-0.2, 0) is 25.9 Å². The molecule has 1 aromatic rings. The Kier molecular flexibility index (Phi) is 7.92. The largest absolute Gasteiger partial charge is 0.399 e. The van der Waals surface area contributed by atoms with Gasteiger partial charge in [-0.15, -0.1) is 0 Å². The van der Waals surface area contributed by atoms with E-state index in [9.17, 15) is 4.79 Å². The summed E-state index contributed by atoms with van der Waals surface area (Å²) >= 11 is 0. The zero-order chi connectivity index (χ0) is 17.9. The van der Waals surface area contributed by atoms with E-state index in [1.165, 1.54) is 14.2 Å². The summed E-state index contributed by atoms with van der Waals surface area (Å²) in [5.41, 5.74) is 4.45. The number of nitrogens with one attached hydrogen (secondary N) is 1. The standard InChI is InChI=1S/C15H21N5O4/c1-10(18-22-3)11(2)19-24-9-12-7-5-6-8-13(12)14(20-23-4)15(21)17-16/h5-8H,9,16H2,1-4H3,(H,17,21). The predicted octanol–water partition coefficient (Wildman–Crippen LogP) is 0.942. The van der Waals surface area contributed by atoms with Gasteiger partial charge in [-0.3, -0.25) is 10.2 Å². The highest BCUT2D eigenvalue weighted by Crippen LogP contribution is 2.12. The van der Waals surface area contributed by atoms with E-state index in [0.717, 1.165) is 0 Å². The molecule has 0 spiro atoms. The zero-order valence-electron chi connectivity index (χ0n) is 14.1. The third kappa shape index (κ3) is 5.36. The highest BCUT2D eigenvalue weighted by molar-refractivity contribution is 6.45. The third-order valence-corrected chi connectivity index (χ3v) is 2.97. The maximum Gasteiger partial charge on any atom is 0.287 e. The van der Waals surface area contributed by atoms with Crippen molar-refractivity contribution in [3.8, 4) is 0 Å². The van der Waals surface area contributed by atoms with Crippen molar-refractivity contribution >= 4 is 23.0 Å². The molecule has 0 saturated carbocycles. The van der Waals surface area contributed by atoms with Gasteiger partial charge in [0.1, 0.15) is 32.2 Å². The highest BCUT2D eigenvalue weighted by Gasteiger charge is 2.17. The zero-order valence-corrected chi connectivity index (χ0v) is 14.1. The SMILES string of the molecule is CON=C(C)C(C)=NOCc1ccccc1C(=NOC)C(=O)NN. The molecule has 0 heterocycles. The first kappa shape index (κ1) is 19.1. The molecule has 0 radical (unpaired) electrons. The fourth-order valence-corrected chi connectivity index (χ4v) is 1.72. The van der Waals surface area contributed by atoms with Gasteiger partial charge >= 0.3 is 0 Å². The van der Waals surface area contributed by atoms with Gasteiger partial charge in [0.2, 0.25) is 0 Å². The number of amides is 1. The smallest absolute Gasteiger partial charge is 0.287 e. The van der Waals surface area contributed by atoms with Crippen LogP contribution in [0.2, 0.25) is 0 Å². The molecule has 3 N–H and O–H groups in total. The van der Waals surface area contributed by atoms with Gasteiger partial charge < -0.3 is 14.5 Å². The molecule has 0 atom stereocenters. The van der Waals surface area contributed by atoms with Crippen molar-refractivity contribution in [2.45, 2.75) is 20.5 Å². The van der Waals surface area contributed by atoms with Crippen LogP contribution in [0.15, 0.2) is 39.7 Å². The number of oxime groups is 3. The number of nitrogens with two attached hydrogens (primary N) is 1. The summed E-state index contributed by atoms with van der Waals surface area (Å²) in [7, 11) is 2.79. The summed E-state index contributed by atoms with van der Waals surface area (Å²) < 4.78 is 0. The van der Waals surface area contributed by atoms with Crippen molar-refractivity contribution in [3.05, 3.63) is 35.4 Å². The Hall–Kier alpha value is -2.94. The Morgan fingerprint density at radius 1 is 1.08 bits per heavy atom. The van der Waals surface area contributed by atoms with Crippen molar-refractivity contribution in [3.63, 3.8) is 0 Å². The molecule has 0 bridgehead atoms. The molecule has 24 heavy (non-hydrogen) atoms. The van der Waals surface area contributed by atoms with E-state index in [1.54, 1.807) is 38.1 Å². The first-order valence-corrected chi connectivity index (χ1v) is 7.00. The lowest BCUT2D eigenvalue weighted by molar-refractivity contribution is -0.114. The number of hydrogen-bond donors (Lipinski definition) is 2. The van der Waals surface area contributed by atoms with E-state index in [-0.39, 0.29) is 12.3 Å². The highest BCUT2D eigenvalue weighted by atomic mass is 16.6. The first-order chi connectivity index (χ1) is 11.5. The van der Waals surface area contributed by atoms with E-state index < -0.39 is 5.91 Å². The summed E-state index contributed by atoms with van der Waals surface area (Å²) in [5.74, 6) is 4.60. The molecule has 9 heteroatoms. The molecule has 0 unspecified atom stereocenters. The van der Waals surface area contributed by atoms with Gasteiger partial charge in [0.05, 0.1) is 0 Å². The number of carbonyl (C=O) groups is 1. The Labute approximate surface area is 140 Å². The van der Waals surface area contributed by atoms with Crippen LogP contribution in [-0.4, -0.2) is 37.3 Å². The van der Waals surface area contributed by atoms with Crippen LogP contribution >= 0.6 is 0 Å². The molecule has 0 aliphatic heterocycles. The molecule has 0 aromatic heterocycles. The minimum absolute atomic E-state index is 0.0389. The van der Waals surface area contributed by atoms with Crippen LogP contribution in [0, 0.1) is 0 Å². The van der Waals surface area contributed by atoms with Gasteiger partial charge in [0.15, 0.2) is 5.71 Å². The summed E-state index contributed by atoms with van der Waals surface area (Å²) in [4.78, 5) is 26.6. The van der Waals surface area contributed by atoms with E-state index in [2.05, 4.69) is 20.3 Å². The average Bonchev–Trinajstić information content (AvgIpc) is 2.59. The molecule has 9 nitrogen and oxygen atoms in total. The Morgan fingerprint density at radius 3 is 2.33 bits per heavy atom. The molecular weight excluding hydrogens is 314 g/mol. The Balaban J connectivity index is 2.99. The molecule has 1 aromatic carbocycles. The first-order valence-electron chi connectivity index (χ1n) is 7.00. The van der Waals surface area contributed by atoms with Crippen LogP contribution in [0.1, 0.15) is 25.0 Å². The quantitative estimate of drug-likeness (QED) is 0.317. The van der Waals surface area contributed by atoms with E-state index in [1.807, 2.05) is 5.43 Å². The van der Waals surface area contributed by atoms with Gasteiger partial charge in [-0.1, -0.05) is 39.7 Å². The van der Waals surface area contributed by atoms with Crippen molar-refractivity contribution in [1.29, 1.82) is 0 Å². The van der Waals surface area contributed by atoms with Crippen molar-refractivity contribution < 1.29 is 19.3 Å². The normalized spacial score (nSPS) is 12.6. The summed E-state index contributed by atoms with van der Waals surface area (Å²) in [5, 5.41) is 11.4. The lowest BCUT2D eigenvalue weighted by Gasteiger charge is -2.10. The molecule has 1 rings (SSSR count). The lowest BCUT2D eigenvalue weighted by atomic mass is 10.0. The molecule has 0 saturated heterocycles. The van der Waals surface area contributed by atoms with Crippen molar-refractivity contribution in [2.75, 3.05) is 14.2 Å². The second-order valence-electron chi connectivity index (χ2n) is 4.56. The summed E-state index contributed by atoms with van der Waals surface area (Å²) in [6.07, 6.45) is 0. The average molecular weight is 335 g/mol. The predicted molar refractivity (Wildman–Crippen MR) is 90.3 cm³/mol. The van der Waals surface area contributed by atoms with Crippen LogP contribution in [0.4, 0.5) is 0 Å². The maximum absolute atomic E-state index is 11.9. The van der Waals surface area contributed by atoms with Gasteiger partial charge in [0, 0.05) is 11.1 Å². The number of nitrogens with zero attached hydrogens (tertiary/aromatic N) is 3. The maximum atomic E-state index is 11.9. The van der Waals surface area contributed by atoms with Crippen LogP contribution < -0.4 is 11.3 Å². The molecule has 0 aliphatic rings. The van der Waals surface area contributed by atoms with Gasteiger partial charge in [-0.25, -0.2) is 5.84 Å². The molecule has 0 fully saturated rings. The second kappa shape index (κ2) is 9.95. The summed E-state index contributed by atoms with van der Waals surface area (Å²) in [6.45, 7) is 3.60. The lowest BCUT2D eigenvalue weighted by Crippen LogP contribution is -2.37. The third-order valence-electron chi connectivity index (χ3n) is 2.97.